The lowest BCUT2D eigenvalue weighted by Gasteiger charge is -2.32. The Kier molecular flexibility index (Phi) is 4.24. The highest BCUT2D eigenvalue weighted by atomic mass is 16.3. The van der Waals surface area contributed by atoms with E-state index in [1.165, 1.54) is 10.7 Å². The van der Waals surface area contributed by atoms with E-state index in [1.807, 2.05) is 18.2 Å². The summed E-state index contributed by atoms with van der Waals surface area (Å²) in [7, 11) is 1.74. The number of aliphatic hydroxyl groups is 1. The van der Waals surface area contributed by atoms with E-state index in [4.69, 9.17) is 0 Å². The van der Waals surface area contributed by atoms with Gasteiger partial charge in [-0.2, -0.15) is 0 Å². The number of carbonyl (C=O) groups is 1. The van der Waals surface area contributed by atoms with Crippen LogP contribution < -0.4 is 5.56 Å². The highest BCUT2D eigenvalue weighted by molar-refractivity contribution is 6.51. The number of aromatic nitrogens is 2. The molecule has 2 N–H and O–H groups in total. The number of para-hydroxylation sites is 3. The summed E-state index contributed by atoms with van der Waals surface area (Å²) < 4.78 is 3.15. The third-order valence-corrected chi connectivity index (χ3v) is 5.16. The Morgan fingerprint density at radius 2 is 1.64 bits per heavy atom. The summed E-state index contributed by atoms with van der Waals surface area (Å²) >= 11 is 0. The number of carbonyl (C=O) groups excluding carboxylic acids is 1. The number of ketones is 1. The molecular formula is C21H19N3O4. The number of hydrogen-bond acceptors (Lipinski definition) is 5. The Balaban J connectivity index is 1.75. The van der Waals surface area contributed by atoms with Gasteiger partial charge in [0.2, 0.25) is 0 Å². The maximum Gasteiger partial charge on any atom is 0.275 e. The topological polar surface area (TPSA) is 96.8 Å². The van der Waals surface area contributed by atoms with Crippen molar-refractivity contribution in [2.75, 3.05) is 0 Å². The molecule has 142 valence electrons. The zero-order valence-corrected chi connectivity index (χ0v) is 15.4. The number of hydrogen-bond donors (Lipinski definition) is 2. The predicted molar refractivity (Wildman–Crippen MR) is 105 cm³/mol. The normalized spacial score (nSPS) is 20.4. The van der Waals surface area contributed by atoms with Crippen molar-refractivity contribution >= 4 is 17.2 Å². The lowest BCUT2D eigenvalue weighted by atomic mass is 9.73. The molecule has 7 heteroatoms. The molecule has 4 rings (SSSR count). The second-order valence-corrected chi connectivity index (χ2v) is 6.75. The van der Waals surface area contributed by atoms with Crippen LogP contribution in [0.25, 0.3) is 5.69 Å². The number of phenolic OH excluding ortho intramolecular Hbond substituents is 1. The molecule has 28 heavy (non-hydrogen) atoms. The summed E-state index contributed by atoms with van der Waals surface area (Å²) in [6, 6.07) is 15.4. The van der Waals surface area contributed by atoms with Crippen LogP contribution in [0.3, 0.4) is 0 Å². The van der Waals surface area contributed by atoms with Crippen LogP contribution in [0.1, 0.15) is 17.2 Å². The zero-order chi connectivity index (χ0) is 20.0. The fourth-order valence-corrected chi connectivity index (χ4v) is 3.56. The monoisotopic (exact) mass is 377 g/mol. The van der Waals surface area contributed by atoms with Gasteiger partial charge in [0.05, 0.1) is 17.2 Å². The number of aliphatic hydroxyl groups excluding tert-OH is 1. The largest absolute Gasteiger partial charge is 0.506 e. The van der Waals surface area contributed by atoms with Crippen LogP contribution in [0, 0.1) is 6.92 Å². The van der Waals surface area contributed by atoms with Crippen molar-refractivity contribution in [3.8, 4) is 11.4 Å². The van der Waals surface area contributed by atoms with Gasteiger partial charge < -0.3 is 10.2 Å². The van der Waals surface area contributed by atoms with Crippen LogP contribution in [0.5, 0.6) is 5.75 Å². The van der Waals surface area contributed by atoms with Gasteiger partial charge in [-0.05, 0) is 31.2 Å². The summed E-state index contributed by atoms with van der Waals surface area (Å²) in [5.41, 5.74) is 1.35. The molecule has 1 aromatic heterocycles. The molecule has 0 aliphatic heterocycles. The molecule has 0 saturated heterocycles. The lowest BCUT2D eigenvalue weighted by Crippen LogP contribution is -2.52. The van der Waals surface area contributed by atoms with Crippen molar-refractivity contribution in [1.29, 1.82) is 0 Å². The quantitative estimate of drug-likeness (QED) is 0.729. The lowest BCUT2D eigenvalue weighted by molar-refractivity contribution is -0.120. The van der Waals surface area contributed by atoms with Gasteiger partial charge in [-0.3, -0.25) is 14.3 Å². The zero-order valence-electron chi connectivity index (χ0n) is 15.4. The van der Waals surface area contributed by atoms with Gasteiger partial charge in [0, 0.05) is 12.7 Å². The van der Waals surface area contributed by atoms with Crippen LogP contribution in [0.15, 0.2) is 64.4 Å². The summed E-state index contributed by atoms with van der Waals surface area (Å²) in [5, 5.41) is 20.4. The maximum atomic E-state index is 13.1. The minimum absolute atomic E-state index is 0.0552. The van der Waals surface area contributed by atoms with Crippen molar-refractivity contribution in [3.05, 3.63) is 76.2 Å². The molecule has 1 aliphatic rings. The number of benzene rings is 2. The smallest absolute Gasteiger partial charge is 0.275 e. The van der Waals surface area contributed by atoms with Gasteiger partial charge in [-0.15, -0.1) is 0 Å². The third kappa shape index (κ3) is 2.59. The summed E-state index contributed by atoms with van der Waals surface area (Å²) in [6.45, 7) is 1.74. The minimum Gasteiger partial charge on any atom is -0.506 e. The average molecular weight is 377 g/mol. The molecule has 0 bridgehead atoms. The number of nitrogens with zero attached hydrogens (tertiary/aromatic N) is 3. The van der Waals surface area contributed by atoms with Gasteiger partial charge in [0.25, 0.3) is 5.56 Å². The fraction of sp³-hybridized carbons (Fsp3) is 0.190. The van der Waals surface area contributed by atoms with Crippen molar-refractivity contribution < 1.29 is 15.0 Å². The fourth-order valence-electron chi connectivity index (χ4n) is 3.56. The molecule has 0 spiro atoms. The van der Waals surface area contributed by atoms with Crippen LogP contribution in [-0.2, 0) is 11.8 Å². The molecule has 7 nitrogen and oxygen atoms in total. The molecule has 1 aliphatic carbocycles. The first-order valence-corrected chi connectivity index (χ1v) is 8.84. The minimum atomic E-state index is -1.20. The number of aromatic hydroxyl groups is 1. The Morgan fingerprint density at radius 3 is 2.29 bits per heavy atom. The van der Waals surface area contributed by atoms with E-state index in [9.17, 15) is 19.8 Å². The van der Waals surface area contributed by atoms with E-state index in [0.29, 0.717) is 11.4 Å². The molecule has 2 aromatic carbocycles. The summed E-state index contributed by atoms with van der Waals surface area (Å²) in [5.74, 6) is -1.46. The highest BCUT2D eigenvalue weighted by Gasteiger charge is 2.49. The van der Waals surface area contributed by atoms with Gasteiger partial charge in [0.15, 0.2) is 5.78 Å². The first kappa shape index (κ1) is 17.9. The van der Waals surface area contributed by atoms with Crippen molar-refractivity contribution in [1.82, 2.24) is 9.36 Å². The molecule has 0 radical (unpaired) electrons. The number of aliphatic imine (C=N–C) groups is 1. The standard InChI is InChI=1S/C21H19N3O4/c1-12-16(21(28)24(23(12)2)13-8-4-3-5-9-13)17-19(26)18(20(17)27)22-14-10-6-7-11-15(14)25/h3-11,17,19,25-26H,1-2H3. The Labute approximate surface area is 160 Å². The first-order chi connectivity index (χ1) is 13.4. The molecule has 1 fully saturated rings. The van der Waals surface area contributed by atoms with Gasteiger partial charge >= 0.3 is 0 Å². The molecule has 3 aromatic rings. The Hall–Kier alpha value is -3.45. The van der Waals surface area contributed by atoms with Gasteiger partial charge in [-0.1, -0.05) is 30.3 Å². The van der Waals surface area contributed by atoms with E-state index in [2.05, 4.69) is 4.99 Å². The summed E-state index contributed by atoms with van der Waals surface area (Å²) in [4.78, 5) is 29.9. The average Bonchev–Trinajstić information content (AvgIpc) is 2.91. The number of rotatable bonds is 3. The Bertz CT molecular complexity index is 1160. The van der Waals surface area contributed by atoms with Gasteiger partial charge in [0.1, 0.15) is 23.3 Å². The predicted octanol–water partition coefficient (Wildman–Crippen LogP) is 1.99. The van der Waals surface area contributed by atoms with Crippen molar-refractivity contribution in [3.63, 3.8) is 0 Å². The molecular weight excluding hydrogens is 358 g/mol. The number of phenols is 1. The highest BCUT2D eigenvalue weighted by Crippen LogP contribution is 2.35. The molecule has 1 saturated carbocycles. The Morgan fingerprint density at radius 1 is 1.00 bits per heavy atom. The molecule has 0 amide bonds. The van der Waals surface area contributed by atoms with Gasteiger partial charge in [-0.25, -0.2) is 9.67 Å². The van der Waals surface area contributed by atoms with Crippen LogP contribution in [0.4, 0.5) is 5.69 Å². The van der Waals surface area contributed by atoms with Crippen LogP contribution in [-0.4, -0.2) is 37.2 Å². The first-order valence-electron chi connectivity index (χ1n) is 8.84. The second kappa shape index (κ2) is 6.61. The van der Waals surface area contributed by atoms with E-state index < -0.39 is 17.8 Å². The third-order valence-electron chi connectivity index (χ3n) is 5.16. The van der Waals surface area contributed by atoms with Crippen LogP contribution >= 0.6 is 0 Å². The molecule has 1 heterocycles. The molecule has 2 unspecified atom stereocenters. The van der Waals surface area contributed by atoms with E-state index >= 15 is 0 Å². The second-order valence-electron chi connectivity index (χ2n) is 6.75. The maximum absolute atomic E-state index is 13.1. The molecule has 2 atom stereocenters. The SMILES string of the molecule is Cc1c(C2C(=O)C(=Nc3ccccc3O)C2O)c(=O)n(-c2ccccc2)n1C. The van der Waals surface area contributed by atoms with Crippen molar-refractivity contribution in [2.24, 2.45) is 12.0 Å². The summed E-state index contributed by atoms with van der Waals surface area (Å²) in [6.07, 6.45) is -1.20. The van der Waals surface area contributed by atoms with E-state index in [0.717, 1.165) is 0 Å². The van der Waals surface area contributed by atoms with Crippen molar-refractivity contribution in [2.45, 2.75) is 18.9 Å². The van der Waals surface area contributed by atoms with Crippen LogP contribution in [0.2, 0.25) is 0 Å². The van der Waals surface area contributed by atoms with E-state index in [-0.39, 0.29) is 28.3 Å². The van der Waals surface area contributed by atoms with E-state index in [1.54, 1.807) is 49.0 Å². The number of Topliss-reactive ketones (excluding diaryl/α,β-unsaturated/α-hetero) is 1.